The van der Waals surface area contributed by atoms with Gasteiger partial charge in [0.15, 0.2) is 0 Å². The molecule has 0 saturated carbocycles. The quantitative estimate of drug-likeness (QED) is 0.668. The Morgan fingerprint density at radius 1 is 1.47 bits per heavy atom. The van der Waals surface area contributed by atoms with Crippen molar-refractivity contribution in [2.45, 2.75) is 25.7 Å². The minimum atomic E-state index is -3.51. The minimum Gasteiger partial charge on any atom is -0.342 e. The summed E-state index contributed by atoms with van der Waals surface area (Å²) in [5.74, 6) is -0.336. The van der Waals surface area contributed by atoms with Crippen LogP contribution in [0.2, 0.25) is 0 Å². The lowest BCUT2D eigenvalue weighted by atomic mass is 10.1. The summed E-state index contributed by atoms with van der Waals surface area (Å²) in [6.45, 7) is 1.06. The molecular weight excluding hydrogens is 242 g/mol. The van der Waals surface area contributed by atoms with E-state index in [0.29, 0.717) is 19.5 Å². The Labute approximate surface area is 101 Å². The Kier molecular flexibility index (Phi) is 4.90. The third kappa shape index (κ3) is 5.15. The van der Waals surface area contributed by atoms with Crippen LogP contribution in [-0.2, 0) is 14.8 Å². The first-order chi connectivity index (χ1) is 7.92. The van der Waals surface area contributed by atoms with Crippen LogP contribution in [0.25, 0.3) is 0 Å². The summed E-state index contributed by atoms with van der Waals surface area (Å²) in [6, 6.07) is 2.04. The highest BCUT2D eigenvalue weighted by molar-refractivity contribution is 7.89. The van der Waals surface area contributed by atoms with Crippen LogP contribution in [0.5, 0.6) is 0 Å². The molecule has 0 aromatic carbocycles. The SMILES string of the molecule is N#CCCCCN1CC(CS(N)(=O)=O)CC1=O. The van der Waals surface area contributed by atoms with Crippen molar-refractivity contribution >= 4 is 15.9 Å². The molecule has 1 amide bonds. The van der Waals surface area contributed by atoms with Gasteiger partial charge in [-0.2, -0.15) is 5.26 Å². The zero-order valence-electron chi connectivity index (χ0n) is 9.63. The van der Waals surface area contributed by atoms with Crippen molar-refractivity contribution in [2.75, 3.05) is 18.8 Å². The molecule has 1 saturated heterocycles. The number of sulfonamides is 1. The Bertz CT molecular complexity index is 413. The number of likely N-dealkylation sites (tertiary alicyclic amines) is 1. The van der Waals surface area contributed by atoms with Gasteiger partial charge in [-0.1, -0.05) is 0 Å². The van der Waals surface area contributed by atoms with Crippen molar-refractivity contribution in [2.24, 2.45) is 11.1 Å². The van der Waals surface area contributed by atoms with E-state index in [4.69, 9.17) is 10.4 Å². The summed E-state index contributed by atoms with van der Waals surface area (Å²) >= 11 is 0. The highest BCUT2D eigenvalue weighted by Gasteiger charge is 2.31. The van der Waals surface area contributed by atoms with Crippen molar-refractivity contribution in [1.82, 2.24) is 4.90 Å². The number of unbranched alkanes of at least 4 members (excludes halogenated alkanes) is 2. The smallest absolute Gasteiger partial charge is 0.222 e. The highest BCUT2D eigenvalue weighted by atomic mass is 32.2. The van der Waals surface area contributed by atoms with Gasteiger partial charge >= 0.3 is 0 Å². The first kappa shape index (κ1) is 13.9. The van der Waals surface area contributed by atoms with Gasteiger partial charge in [0.1, 0.15) is 0 Å². The van der Waals surface area contributed by atoms with Gasteiger partial charge in [-0.15, -0.1) is 0 Å². The van der Waals surface area contributed by atoms with E-state index in [1.54, 1.807) is 4.90 Å². The largest absolute Gasteiger partial charge is 0.342 e. The summed E-state index contributed by atoms with van der Waals surface area (Å²) in [7, 11) is -3.51. The van der Waals surface area contributed by atoms with E-state index >= 15 is 0 Å². The van der Waals surface area contributed by atoms with Gasteiger partial charge in [-0.3, -0.25) is 4.79 Å². The molecule has 1 aliphatic heterocycles. The number of primary sulfonamides is 1. The number of nitriles is 1. The summed E-state index contributed by atoms with van der Waals surface area (Å²) in [6.07, 6.45) is 2.29. The molecule has 1 atom stereocenters. The standard InChI is InChI=1S/C10H17N3O3S/c11-4-2-1-3-5-13-7-9(6-10(13)14)8-17(12,15)16/h9H,1-3,5-8H2,(H2,12,15,16). The zero-order chi connectivity index (χ0) is 12.9. The predicted molar refractivity (Wildman–Crippen MR) is 62.1 cm³/mol. The minimum absolute atomic E-state index is 0.0180. The summed E-state index contributed by atoms with van der Waals surface area (Å²) < 4.78 is 21.8. The number of carbonyl (C=O) groups is 1. The van der Waals surface area contributed by atoms with Crippen molar-refractivity contribution < 1.29 is 13.2 Å². The van der Waals surface area contributed by atoms with Crippen LogP contribution in [0.4, 0.5) is 0 Å². The summed E-state index contributed by atoms with van der Waals surface area (Å²) in [5, 5.41) is 13.3. The third-order valence-corrected chi connectivity index (χ3v) is 3.67. The van der Waals surface area contributed by atoms with E-state index in [1.807, 2.05) is 6.07 Å². The second kappa shape index (κ2) is 5.98. The number of hydrogen-bond donors (Lipinski definition) is 1. The number of hydrogen-bond acceptors (Lipinski definition) is 4. The van der Waals surface area contributed by atoms with E-state index in [-0.39, 0.29) is 24.0 Å². The van der Waals surface area contributed by atoms with Crippen LogP contribution in [-0.4, -0.2) is 38.1 Å². The Hall–Kier alpha value is -1.13. The van der Waals surface area contributed by atoms with Crippen molar-refractivity contribution in [3.63, 3.8) is 0 Å². The third-order valence-electron chi connectivity index (χ3n) is 2.73. The molecule has 0 radical (unpaired) electrons. The first-order valence-electron chi connectivity index (χ1n) is 5.57. The van der Waals surface area contributed by atoms with Crippen LogP contribution >= 0.6 is 0 Å². The van der Waals surface area contributed by atoms with Crippen LogP contribution in [0.3, 0.4) is 0 Å². The topological polar surface area (TPSA) is 104 Å². The Morgan fingerprint density at radius 3 is 2.76 bits per heavy atom. The number of carbonyl (C=O) groups excluding carboxylic acids is 1. The van der Waals surface area contributed by atoms with E-state index in [2.05, 4.69) is 0 Å². The van der Waals surface area contributed by atoms with Crippen molar-refractivity contribution in [1.29, 1.82) is 5.26 Å². The number of amides is 1. The van der Waals surface area contributed by atoms with E-state index < -0.39 is 10.0 Å². The maximum absolute atomic E-state index is 11.6. The molecule has 0 aromatic rings. The van der Waals surface area contributed by atoms with Gasteiger partial charge in [0.25, 0.3) is 0 Å². The molecule has 1 unspecified atom stereocenters. The van der Waals surface area contributed by atoms with Crippen LogP contribution in [0, 0.1) is 17.2 Å². The fraction of sp³-hybridized carbons (Fsp3) is 0.800. The predicted octanol–water partition coefficient (Wildman–Crippen LogP) is -0.183. The Balaban J connectivity index is 2.35. The molecule has 1 rings (SSSR count). The molecule has 17 heavy (non-hydrogen) atoms. The molecule has 1 heterocycles. The van der Waals surface area contributed by atoms with Gasteiger partial charge in [-0.25, -0.2) is 13.6 Å². The first-order valence-corrected chi connectivity index (χ1v) is 7.29. The lowest BCUT2D eigenvalue weighted by Crippen LogP contribution is -2.28. The van der Waals surface area contributed by atoms with Gasteiger partial charge in [0, 0.05) is 31.8 Å². The molecule has 7 heteroatoms. The molecular formula is C10H17N3O3S. The molecule has 6 nitrogen and oxygen atoms in total. The van der Waals surface area contributed by atoms with Gasteiger partial charge < -0.3 is 4.90 Å². The van der Waals surface area contributed by atoms with Crippen molar-refractivity contribution in [3.8, 4) is 6.07 Å². The maximum atomic E-state index is 11.6. The van der Waals surface area contributed by atoms with E-state index in [9.17, 15) is 13.2 Å². The second-order valence-corrected chi connectivity index (χ2v) is 6.01. The fourth-order valence-corrected chi connectivity index (χ4v) is 2.90. The fourth-order valence-electron chi connectivity index (χ4n) is 2.02. The van der Waals surface area contributed by atoms with Crippen molar-refractivity contribution in [3.05, 3.63) is 0 Å². The molecule has 0 bridgehead atoms. The summed E-state index contributed by atoms with van der Waals surface area (Å²) in [5.41, 5.74) is 0. The molecule has 0 spiro atoms. The van der Waals surface area contributed by atoms with Gasteiger partial charge in [0.2, 0.25) is 15.9 Å². The number of nitrogens with two attached hydrogens (primary N) is 1. The van der Waals surface area contributed by atoms with E-state index in [1.165, 1.54) is 0 Å². The molecule has 1 fully saturated rings. The Morgan fingerprint density at radius 2 is 2.18 bits per heavy atom. The maximum Gasteiger partial charge on any atom is 0.222 e. The van der Waals surface area contributed by atoms with Crippen LogP contribution < -0.4 is 5.14 Å². The monoisotopic (exact) mass is 259 g/mol. The molecule has 0 aromatic heterocycles. The molecule has 0 aliphatic carbocycles. The van der Waals surface area contributed by atoms with Gasteiger partial charge in [0.05, 0.1) is 11.8 Å². The zero-order valence-corrected chi connectivity index (χ0v) is 10.4. The molecule has 2 N–H and O–H groups in total. The molecule has 1 aliphatic rings. The van der Waals surface area contributed by atoms with Crippen LogP contribution in [0.15, 0.2) is 0 Å². The highest BCUT2D eigenvalue weighted by Crippen LogP contribution is 2.19. The average molecular weight is 259 g/mol. The second-order valence-electron chi connectivity index (χ2n) is 4.35. The normalized spacial score (nSPS) is 20.6. The summed E-state index contributed by atoms with van der Waals surface area (Å²) in [4.78, 5) is 13.2. The van der Waals surface area contributed by atoms with Gasteiger partial charge in [-0.05, 0) is 12.8 Å². The molecule has 96 valence electrons. The average Bonchev–Trinajstić information content (AvgIpc) is 2.51. The number of nitrogens with zero attached hydrogens (tertiary/aromatic N) is 2. The lowest BCUT2D eigenvalue weighted by molar-refractivity contribution is -0.127. The number of rotatable bonds is 6. The van der Waals surface area contributed by atoms with E-state index in [0.717, 1.165) is 12.8 Å². The lowest BCUT2D eigenvalue weighted by Gasteiger charge is -2.15. The van der Waals surface area contributed by atoms with Crippen LogP contribution in [0.1, 0.15) is 25.7 Å².